The number of carbonyl (C=O) groups excluding carboxylic acids is 1. The van der Waals surface area contributed by atoms with Crippen molar-refractivity contribution in [3.05, 3.63) is 24.3 Å². The fraction of sp³-hybridized carbons (Fsp3) is 0.300. The van der Waals surface area contributed by atoms with Crippen LogP contribution in [0.4, 0.5) is 11.4 Å². The highest BCUT2D eigenvalue weighted by molar-refractivity contribution is 5.96. The summed E-state index contributed by atoms with van der Waals surface area (Å²) in [5.41, 5.74) is 7.32. The third-order valence-electron chi connectivity index (χ3n) is 2.28. The van der Waals surface area contributed by atoms with Crippen molar-refractivity contribution in [3.63, 3.8) is 0 Å². The minimum atomic E-state index is 0.0119. The number of fused-ring (bicyclic) bond motifs is 1. The van der Waals surface area contributed by atoms with Crippen molar-refractivity contribution in [2.24, 2.45) is 5.73 Å². The molecule has 0 aromatic heterocycles. The number of rotatable bonds is 1. The number of hydrogen-bond donors (Lipinski definition) is 3. The van der Waals surface area contributed by atoms with E-state index in [1.54, 1.807) is 0 Å². The van der Waals surface area contributed by atoms with E-state index in [1.165, 1.54) is 0 Å². The Morgan fingerprint density at radius 1 is 1.36 bits per heavy atom. The van der Waals surface area contributed by atoms with Crippen molar-refractivity contribution in [1.29, 1.82) is 0 Å². The zero-order chi connectivity index (χ0) is 9.97. The lowest BCUT2D eigenvalue weighted by Gasteiger charge is -2.13. The Balaban J connectivity index is 2.32. The molecule has 1 aliphatic rings. The molecule has 14 heavy (non-hydrogen) atoms. The van der Waals surface area contributed by atoms with Gasteiger partial charge in [0.05, 0.1) is 11.4 Å². The van der Waals surface area contributed by atoms with Gasteiger partial charge in [-0.1, -0.05) is 12.1 Å². The minimum absolute atomic E-state index is 0.0119. The molecule has 0 fully saturated rings. The van der Waals surface area contributed by atoms with Crippen molar-refractivity contribution in [3.8, 4) is 0 Å². The van der Waals surface area contributed by atoms with Crippen LogP contribution in [0.3, 0.4) is 0 Å². The van der Waals surface area contributed by atoms with Crippen LogP contribution in [0.25, 0.3) is 0 Å². The first kappa shape index (κ1) is 9.02. The number of anilines is 2. The Hall–Kier alpha value is -1.55. The molecule has 4 nitrogen and oxygen atoms in total. The molecule has 4 N–H and O–H groups in total. The molecule has 0 saturated carbocycles. The van der Waals surface area contributed by atoms with Crippen molar-refractivity contribution in [2.45, 2.75) is 12.5 Å². The van der Waals surface area contributed by atoms with Crippen molar-refractivity contribution in [1.82, 2.24) is 0 Å². The second-order valence-corrected chi connectivity index (χ2v) is 3.37. The fourth-order valence-corrected chi connectivity index (χ4v) is 1.56. The molecule has 1 atom stereocenters. The van der Waals surface area contributed by atoms with Gasteiger partial charge in [-0.3, -0.25) is 4.79 Å². The summed E-state index contributed by atoms with van der Waals surface area (Å²) in [6.07, 6.45) is 0.422. The summed E-state index contributed by atoms with van der Waals surface area (Å²) in [5.74, 6) is 0.0119. The first-order chi connectivity index (χ1) is 6.79. The van der Waals surface area contributed by atoms with Gasteiger partial charge in [-0.15, -0.1) is 0 Å². The summed E-state index contributed by atoms with van der Waals surface area (Å²) >= 11 is 0. The lowest BCUT2D eigenvalue weighted by Crippen LogP contribution is -2.30. The maximum Gasteiger partial charge on any atom is 0.226 e. The van der Waals surface area contributed by atoms with Crippen molar-refractivity contribution in [2.75, 3.05) is 17.2 Å². The van der Waals surface area contributed by atoms with Crippen LogP contribution < -0.4 is 16.4 Å². The molecule has 1 aromatic carbocycles. The minimum Gasteiger partial charge on any atom is -0.379 e. The van der Waals surface area contributed by atoms with E-state index in [2.05, 4.69) is 10.6 Å². The predicted molar refractivity (Wildman–Crippen MR) is 56.2 cm³/mol. The molecule has 0 spiro atoms. The molecule has 74 valence electrons. The SMILES string of the molecule is NCC1CC(=O)Nc2ccccc2N1. The summed E-state index contributed by atoms with van der Waals surface area (Å²) in [7, 11) is 0. The molecule has 4 heteroatoms. The highest BCUT2D eigenvalue weighted by atomic mass is 16.1. The third-order valence-corrected chi connectivity index (χ3v) is 2.28. The van der Waals surface area contributed by atoms with E-state index < -0.39 is 0 Å². The molecule has 0 aliphatic carbocycles. The van der Waals surface area contributed by atoms with Gasteiger partial charge >= 0.3 is 0 Å². The number of nitrogens with one attached hydrogen (secondary N) is 2. The molecule has 1 heterocycles. The van der Waals surface area contributed by atoms with E-state index >= 15 is 0 Å². The van der Waals surface area contributed by atoms with Gasteiger partial charge in [0.1, 0.15) is 0 Å². The normalized spacial score (nSPS) is 20.4. The van der Waals surface area contributed by atoms with E-state index in [1.807, 2.05) is 24.3 Å². The van der Waals surface area contributed by atoms with Crippen LogP contribution in [-0.2, 0) is 4.79 Å². The fourth-order valence-electron chi connectivity index (χ4n) is 1.56. The zero-order valence-corrected chi connectivity index (χ0v) is 7.79. The first-order valence-corrected chi connectivity index (χ1v) is 4.65. The zero-order valence-electron chi connectivity index (χ0n) is 7.79. The molecule has 0 saturated heterocycles. The van der Waals surface area contributed by atoms with Gasteiger partial charge in [-0.05, 0) is 12.1 Å². The van der Waals surface area contributed by atoms with E-state index in [0.29, 0.717) is 13.0 Å². The Bertz CT molecular complexity index is 351. The molecule has 1 aliphatic heterocycles. The van der Waals surface area contributed by atoms with Crippen LogP contribution >= 0.6 is 0 Å². The number of hydrogen-bond acceptors (Lipinski definition) is 3. The van der Waals surface area contributed by atoms with Crippen LogP contribution in [0.1, 0.15) is 6.42 Å². The van der Waals surface area contributed by atoms with Crippen LogP contribution in [0, 0.1) is 0 Å². The van der Waals surface area contributed by atoms with Crippen LogP contribution in [0.5, 0.6) is 0 Å². The summed E-state index contributed by atoms with van der Waals surface area (Å²) in [5, 5.41) is 6.06. The Morgan fingerprint density at radius 2 is 2.07 bits per heavy atom. The summed E-state index contributed by atoms with van der Waals surface area (Å²) in [6, 6.07) is 7.65. The largest absolute Gasteiger partial charge is 0.379 e. The van der Waals surface area contributed by atoms with Crippen LogP contribution in [0.15, 0.2) is 24.3 Å². The lowest BCUT2D eigenvalue weighted by atomic mass is 10.2. The predicted octanol–water partition coefficient (Wildman–Crippen LogP) is 0.768. The number of nitrogens with two attached hydrogens (primary N) is 1. The van der Waals surface area contributed by atoms with Crippen LogP contribution in [-0.4, -0.2) is 18.5 Å². The number of amides is 1. The van der Waals surface area contributed by atoms with E-state index in [0.717, 1.165) is 11.4 Å². The highest BCUT2D eigenvalue weighted by Crippen LogP contribution is 2.24. The van der Waals surface area contributed by atoms with Crippen molar-refractivity contribution >= 4 is 17.3 Å². The molecule has 0 bridgehead atoms. The third kappa shape index (κ3) is 1.70. The average molecular weight is 191 g/mol. The Kier molecular flexibility index (Phi) is 2.37. The van der Waals surface area contributed by atoms with Gasteiger partial charge in [-0.25, -0.2) is 0 Å². The number of benzene rings is 1. The Labute approximate surface area is 82.5 Å². The topological polar surface area (TPSA) is 67.2 Å². The van der Waals surface area contributed by atoms with Crippen molar-refractivity contribution < 1.29 is 4.79 Å². The van der Waals surface area contributed by atoms with Gasteiger partial charge in [0.2, 0.25) is 5.91 Å². The molecular formula is C10H13N3O. The standard InChI is InChI=1S/C10H13N3O/c11-6-7-5-10(14)13-9-4-2-1-3-8(9)12-7/h1-4,7,12H,5-6,11H2,(H,13,14). The maximum absolute atomic E-state index is 11.4. The molecular weight excluding hydrogens is 178 g/mol. The van der Waals surface area contributed by atoms with E-state index in [-0.39, 0.29) is 11.9 Å². The van der Waals surface area contributed by atoms with Gasteiger partial charge in [0.25, 0.3) is 0 Å². The molecule has 0 radical (unpaired) electrons. The second kappa shape index (κ2) is 3.67. The Morgan fingerprint density at radius 3 is 2.79 bits per heavy atom. The molecule has 2 rings (SSSR count). The molecule has 1 amide bonds. The summed E-state index contributed by atoms with van der Waals surface area (Å²) < 4.78 is 0. The monoisotopic (exact) mass is 191 g/mol. The summed E-state index contributed by atoms with van der Waals surface area (Å²) in [6.45, 7) is 0.460. The second-order valence-electron chi connectivity index (χ2n) is 3.37. The first-order valence-electron chi connectivity index (χ1n) is 4.65. The van der Waals surface area contributed by atoms with E-state index in [4.69, 9.17) is 5.73 Å². The quantitative estimate of drug-likeness (QED) is 0.614. The average Bonchev–Trinajstić information content (AvgIpc) is 2.35. The highest BCUT2D eigenvalue weighted by Gasteiger charge is 2.18. The summed E-state index contributed by atoms with van der Waals surface area (Å²) in [4.78, 5) is 11.4. The van der Waals surface area contributed by atoms with Gasteiger partial charge < -0.3 is 16.4 Å². The van der Waals surface area contributed by atoms with Crippen LogP contribution in [0.2, 0.25) is 0 Å². The smallest absolute Gasteiger partial charge is 0.226 e. The van der Waals surface area contributed by atoms with Gasteiger partial charge in [-0.2, -0.15) is 0 Å². The van der Waals surface area contributed by atoms with E-state index in [9.17, 15) is 4.79 Å². The van der Waals surface area contributed by atoms with Gasteiger partial charge in [0, 0.05) is 19.0 Å². The molecule has 1 unspecified atom stereocenters. The van der Waals surface area contributed by atoms with Gasteiger partial charge in [0.15, 0.2) is 0 Å². The molecule has 1 aromatic rings. The maximum atomic E-state index is 11.4. The number of carbonyl (C=O) groups is 1. The lowest BCUT2D eigenvalue weighted by molar-refractivity contribution is -0.116. The number of para-hydroxylation sites is 2.